The van der Waals surface area contributed by atoms with E-state index in [0.717, 1.165) is 27.3 Å². The average molecular weight is 338 g/mol. The Morgan fingerprint density at radius 1 is 0.955 bits per heavy atom. The second-order valence-corrected chi connectivity index (χ2v) is 7.95. The Labute approximate surface area is 137 Å². The molecule has 5 heteroatoms. The van der Waals surface area contributed by atoms with Gasteiger partial charge in [0.2, 0.25) is 0 Å². The molecule has 118 valence electrons. The van der Waals surface area contributed by atoms with E-state index in [0.29, 0.717) is 18.0 Å². The van der Waals surface area contributed by atoms with Gasteiger partial charge >= 0.3 is 0 Å². The summed E-state index contributed by atoms with van der Waals surface area (Å²) in [5.41, 5.74) is 4.03. The molecule has 0 radical (unpaired) electrons. The first-order valence-electron chi connectivity index (χ1n) is 7.02. The van der Waals surface area contributed by atoms with Crippen LogP contribution in [-0.2, 0) is 22.9 Å². The summed E-state index contributed by atoms with van der Waals surface area (Å²) in [7, 11) is -3.16. The van der Waals surface area contributed by atoms with Crippen molar-refractivity contribution in [2.24, 2.45) is 0 Å². The van der Waals surface area contributed by atoms with Gasteiger partial charge in [-0.25, -0.2) is 8.42 Å². The molecular weight excluding hydrogens is 318 g/mol. The summed E-state index contributed by atoms with van der Waals surface area (Å²) in [5.74, 6) is 0. The minimum Gasteiger partial charge on any atom is -0.309 e. The monoisotopic (exact) mass is 337 g/mol. The van der Waals surface area contributed by atoms with Gasteiger partial charge in [-0.1, -0.05) is 35.9 Å². The molecule has 0 aromatic heterocycles. The molecule has 22 heavy (non-hydrogen) atoms. The molecule has 0 aliphatic heterocycles. The highest BCUT2D eigenvalue weighted by molar-refractivity contribution is 7.90. The van der Waals surface area contributed by atoms with Crippen molar-refractivity contribution in [1.29, 1.82) is 0 Å². The molecule has 2 aromatic rings. The topological polar surface area (TPSA) is 46.2 Å². The van der Waals surface area contributed by atoms with E-state index in [2.05, 4.69) is 5.32 Å². The summed E-state index contributed by atoms with van der Waals surface area (Å²) in [6, 6.07) is 11.4. The van der Waals surface area contributed by atoms with Gasteiger partial charge in [-0.05, 0) is 48.2 Å². The van der Waals surface area contributed by atoms with Gasteiger partial charge in [-0.15, -0.1) is 0 Å². The number of aryl methyl sites for hydroxylation is 2. The number of hydrogen-bond acceptors (Lipinski definition) is 3. The van der Waals surface area contributed by atoms with Crippen LogP contribution in [0.15, 0.2) is 41.3 Å². The van der Waals surface area contributed by atoms with Crippen molar-refractivity contribution in [2.45, 2.75) is 31.8 Å². The number of hydrogen-bond donors (Lipinski definition) is 1. The van der Waals surface area contributed by atoms with Crippen LogP contribution in [0.3, 0.4) is 0 Å². The summed E-state index contributed by atoms with van der Waals surface area (Å²) in [6.45, 7) is 5.19. The van der Waals surface area contributed by atoms with Gasteiger partial charge in [0.15, 0.2) is 9.84 Å². The second-order valence-electron chi connectivity index (χ2n) is 5.56. The van der Waals surface area contributed by atoms with Crippen LogP contribution in [-0.4, -0.2) is 14.7 Å². The lowest BCUT2D eigenvalue weighted by atomic mass is 10.1. The van der Waals surface area contributed by atoms with E-state index in [-0.39, 0.29) is 0 Å². The molecule has 0 aliphatic carbocycles. The van der Waals surface area contributed by atoms with Gasteiger partial charge < -0.3 is 5.32 Å². The van der Waals surface area contributed by atoms with E-state index in [9.17, 15) is 8.42 Å². The van der Waals surface area contributed by atoms with Crippen molar-refractivity contribution in [2.75, 3.05) is 6.26 Å². The third kappa shape index (κ3) is 4.32. The van der Waals surface area contributed by atoms with Crippen molar-refractivity contribution >= 4 is 21.4 Å². The largest absolute Gasteiger partial charge is 0.309 e. The highest BCUT2D eigenvalue weighted by Gasteiger charge is 2.10. The fourth-order valence-corrected chi connectivity index (χ4v) is 3.50. The molecule has 0 atom stereocenters. The summed E-state index contributed by atoms with van der Waals surface area (Å²) in [5, 5.41) is 4.11. The summed E-state index contributed by atoms with van der Waals surface area (Å²) < 4.78 is 23.2. The molecule has 0 heterocycles. The highest BCUT2D eigenvalue weighted by Crippen LogP contribution is 2.18. The van der Waals surface area contributed by atoms with Crippen LogP contribution in [0.1, 0.15) is 22.3 Å². The molecule has 0 saturated carbocycles. The maximum absolute atomic E-state index is 11.6. The van der Waals surface area contributed by atoms with Gasteiger partial charge in [0, 0.05) is 24.4 Å². The van der Waals surface area contributed by atoms with E-state index in [1.165, 1.54) is 6.26 Å². The Balaban J connectivity index is 2.00. The highest BCUT2D eigenvalue weighted by atomic mass is 35.5. The predicted molar refractivity (Wildman–Crippen MR) is 91.0 cm³/mol. The fourth-order valence-electron chi connectivity index (χ4n) is 2.33. The molecule has 2 rings (SSSR count). The van der Waals surface area contributed by atoms with Crippen LogP contribution in [0.2, 0.25) is 5.02 Å². The smallest absolute Gasteiger partial charge is 0.175 e. The van der Waals surface area contributed by atoms with Gasteiger partial charge in [-0.2, -0.15) is 0 Å². The van der Waals surface area contributed by atoms with Crippen LogP contribution in [0, 0.1) is 13.8 Å². The summed E-state index contributed by atoms with van der Waals surface area (Å²) in [6.07, 6.45) is 1.23. The zero-order valence-electron chi connectivity index (χ0n) is 13.0. The number of sulfone groups is 1. The SMILES string of the molecule is Cc1ccc(CNCc2ccc(S(C)(=O)=O)c(C)c2)cc1Cl. The Bertz CT molecular complexity index is 785. The van der Waals surface area contributed by atoms with Crippen molar-refractivity contribution in [3.63, 3.8) is 0 Å². The first kappa shape index (κ1) is 17.0. The number of benzene rings is 2. The van der Waals surface area contributed by atoms with Gasteiger partial charge in [-0.3, -0.25) is 0 Å². The van der Waals surface area contributed by atoms with E-state index in [4.69, 9.17) is 11.6 Å². The molecule has 0 amide bonds. The minimum atomic E-state index is -3.16. The molecule has 0 spiro atoms. The number of halogens is 1. The minimum absolute atomic E-state index is 0.390. The number of rotatable bonds is 5. The van der Waals surface area contributed by atoms with Crippen LogP contribution in [0.25, 0.3) is 0 Å². The Morgan fingerprint density at radius 2 is 1.55 bits per heavy atom. The first-order chi connectivity index (χ1) is 10.3. The fraction of sp³-hybridized carbons (Fsp3) is 0.294. The first-order valence-corrected chi connectivity index (χ1v) is 9.29. The Kier molecular flexibility index (Phi) is 5.27. The van der Waals surface area contributed by atoms with Gasteiger partial charge in [0.1, 0.15) is 0 Å². The van der Waals surface area contributed by atoms with Gasteiger partial charge in [0.05, 0.1) is 4.90 Å². The summed E-state index contributed by atoms with van der Waals surface area (Å²) >= 11 is 6.11. The molecule has 0 bridgehead atoms. The molecule has 3 nitrogen and oxygen atoms in total. The molecule has 2 aromatic carbocycles. The maximum atomic E-state index is 11.6. The lowest BCUT2D eigenvalue weighted by Gasteiger charge is -2.09. The van der Waals surface area contributed by atoms with Gasteiger partial charge in [0.25, 0.3) is 0 Å². The maximum Gasteiger partial charge on any atom is 0.175 e. The zero-order valence-corrected chi connectivity index (χ0v) is 14.6. The molecule has 0 saturated heterocycles. The van der Waals surface area contributed by atoms with E-state index >= 15 is 0 Å². The van der Waals surface area contributed by atoms with Crippen LogP contribution in [0.5, 0.6) is 0 Å². The molecule has 0 fully saturated rings. The lowest BCUT2D eigenvalue weighted by molar-refractivity contribution is 0.601. The molecular formula is C17H20ClNO2S. The van der Waals surface area contributed by atoms with Crippen molar-refractivity contribution in [3.05, 3.63) is 63.7 Å². The van der Waals surface area contributed by atoms with Crippen LogP contribution < -0.4 is 5.32 Å². The Hall–Kier alpha value is -1.36. The van der Waals surface area contributed by atoms with Crippen molar-refractivity contribution in [1.82, 2.24) is 5.32 Å². The third-order valence-corrected chi connectivity index (χ3v) is 5.20. The standard InChI is InChI=1S/C17H20ClNO2S/c1-12-4-5-15(9-16(12)18)11-19-10-14-6-7-17(13(2)8-14)22(3,20)21/h4-9,19H,10-11H2,1-3H3. The van der Waals surface area contributed by atoms with Crippen LogP contribution in [0.4, 0.5) is 0 Å². The van der Waals surface area contributed by atoms with E-state index in [1.807, 2.05) is 44.2 Å². The quantitative estimate of drug-likeness (QED) is 0.905. The van der Waals surface area contributed by atoms with E-state index < -0.39 is 9.84 Å². The van der Waals surface area contributed by atoms with E-state index in [1.54, 1.807) is 6.07 Å². The average Bonchev–Trinajstić information content (AvgIpc) is 2.41. The molecule has 0 unspecified atom stereocenters. The number of nitrogens with one attached hydrogen (secondary N) is 1. The lowest BCUT2D eigenvalue weighted by Crippen LogP contribution is -2.13. The third-order valence-electron chi connectivity index (χ3n) is 3.53. The predicted octanol–water partition coefficient (Wildman–Crippen LogP) is 3.65. The van der Waals surface area contributed by atoms with Crippen molar-refractivity contribution in [3.8, 4) is 0 Å². The Morgan fingerprint density at radius 3 is 2.09 bits per heavy atom. The summed E-state index contributed by atoms with van der Waals surface area (Å²) in [4.78, 5) is 0.390. The normalized spacial score (nSPS) is 11.6. The zero-order chi connectivity index (χ0) is 16.3. The molecule has 1 N–H and O–H groups in total. The van der Waals surface area contributed by atoms with Crippen molar-refractivity contribution < 1.29 is 8.42 Å². The van der Waals surface area contributed by atoms with Crippen LogP contribution >= 0.6 is 11.6 Å². The second kappa shape index (κ2) is 6.82. The molecule has 0 aliphatic rings.